The van der Waals surface area contributed by atoms with Crippen molar-refractivity contribution < 1.29 is 9.53 Å². The fraction of sp³-hybridized carbons (Fsp3) is 0.583. The molecule has 1 aliphatic rings. The van der Waals surface area contributed by atoms with Gasteiger partial charge >= 0.3 is 0 Å². The highest BCUT2D eigenvalue weighted by molar-refractivity contribution is 9.11. The Hall–Kier alpha value is -0.570. The Kier molecular flexibility index (Phi) is 5.88. The lowest BCUT2D eigenvalue weighted by Gasteiger charge is -2.18. The molecule has 0 aromatic carbocycles. The zero-order valence-electron chi connectivity index (χ0n) is 11.0. The quantitative estimate of drug-likeness (QED) is 0.780. The van der Waals surface area contributed by atoms with Crippen LogP contribution in [0.1, 0.15) is 13.3 Å². The van der Waals surface area contributed by atoms with Gasteiger partial charge in [-0.25, -0.2) is 9.97 Å². The van der Waals surface area contributed by atoms with Crippen LogP contribution in [0.5, 0.6) is 0 Å². The molecular formula is C12H16Br2N4O2. The van der Waals surface area contributed by atoms with Crippen molar-refractivity contribution in [3.8, 4) is 0 Å². The van der Waals surface area contributed by atoms with E-state index in [1.807, 2.05) is 0 Å². The minimum absolute atomic E-state index is 0.0529. The summed E-state index contributed by atoms with van der Waals surface area (Å²) in [5, 5.41) is 6.12. The number of amides is 1. The summed E-state index contributed by atoms with van der Waals surface area (Å²) in [6, 6.07) is 0.0529. The zero-order chi connectivity index (χ0) is 14.5. The number of nitrogens with one attached hydrogen (secondary N) is 2. The molecule has 6 nitrogen and oxygen atoms in total. The molecule has 8 heteroatoms. The first kappa shape index (κ1) is 15.8. The molecular weight excluding hydrogens is 392 g/mol. The maximum atomic E-state index is 12.3. The summed E-state index contributed by atoms with van der Waals surface area (Å²) in [7, 11) is 0. The molecule has 0 saturated carbocycles. The maximum Gasteiger partial charge on any atom is 0.232 e. The Morgan fingerprint density at radius 1 is 1.50 bits per heavy atom. The number of hydrogen-bond donors (Lipinski definition) is 2. The molecule has 20 heavy (non-hydrogen) atoms. The molecule has 2 atom stereocenters. The van der Waals surface area contributed by atoms with E-state index in [0.717, 1.165) is 13.0 Å². The summed E-state index contributed by atoms with van der Waals surface area (Å²) < 4.78 is 6.50. The molecule has 2 heterocycles. The van der Waals surface area contributed by atoms with Gasteiger partial charge in [0.1, 0.15) is 9.21 Å². The van der Waals surface area contributed by atoms with Crippen LogP contribution in [0.3, 0.4) is 0 Å². The van der Waals surface area contributed by atoms with Crippen LogP contribution in [0.4, 0.5) is 5.82 Å². The van der Waals surface area contributed by atoms with E-state index in [1.54, 1.807) is 6.20 Å². The fourth-order valence-corrected chi connectivity index (χ4v) is 2.89. The summed E-state index contributed by atoms with van der Waals surface area (Å²) >= 11 is 6.50. The number of anilines is 1. The molecule has 110 valence electrons. The van der Waals surface area contributed by atoms with Gasteiger partial charge in [0, 0.05) is 6.04 Å². The van der Waals surface area contributed by atoms with E-state index in [0.29, 0.717) is 28.2 Å². The molecule has 2 unspecified atom stereocenters. The van der Waals surface area contributed by atoms with E-state index in [4.69, 9.17) is 4.74 Å². The van der Waals surface area contributed by atoms with Crippen LogP contribution in [0, 0.1) is 5.92 Å². The first-order valence-electron chi connectivity index (χ1n) is 6.41. The third kappa shape index (κ3) is 3.97. The van der Waals surface area contributed by atoms with Crippen molar-refractivity contribution in [2.45, 2.75) is 19.4 Å². The molecule has 1 saturated heterocycles. The highest BCUT2D eigenvalue weighted by Crippen LogP contribution is 2.22. The fourth-order valence-electron chi connectivity index (χ4n) is 1.98. The van der Waals surface area contributed by atoms with Gasteiger partial charge in [-0.1, -0.05) is 6.92 Å². The lowest BCUT2D eigenvalue weighted by Crippen LogP contribution is -2.41. The van der Waals surface area contributed by atoms with Crippen molar-refractivity contribution in [1.82, 2.24) is 15.3 Å². The monoisotopic (exact) mass is 406 g/mol. The molecule has 0 radical (unpaired) electrons. The number of ether oxygens (including phenoxy) is 1. The number of aromatic nitrogens is 2. The van der Waals surface area contributed by atoms with Crippen molar-refractivity contribution in [2.24, 2.45) is 5.92 Å². The van der Waals surface area contributed by atoms with Crippen LogP contribution >= 0.6 is 31.9 Å². The summed E-state index contributed by atoms with van der Waals surface area (Å²) in [5.74, 6) is 0.103. The Labute approximate surface area is 134 Å². The molecule has 1 aromatic heterocycles. The molecule has 0 bridgehead atoms. The number of rotatable bonds is 5. The topological polar surface area (TPSA) is 76.1 Å². The van der Waals surface area contributed by atoms with E-state index in [-0.39, 0.29) is 17.9 Å². The lowest BCUT2D eigenvalue weighted by molar-refractivity contribution is -0.120. The first-order valence-corrected chi connectivity index (χ1v) is 8.00. The van der Waals surface area contributed by atoms with Crippen LogP contribution in [0.15, 0.2) is 15.4 Å². The van der Waals surface area contributed by atoms with Gasteiger partial charge in [0.05, 0.1) is 25.3 Å². The average Bonchev–Trinajstić information content (AvgIpc) is 2.88. The van der Waals surface area contributed by atoms with Gasteiger partial charge in [0.25, 0.3) is 0 Å². The Morgan fingerprint density at radius 2 is 2.30 bits per heavy atom. The van der Waals surface area contributed by atoms with E-state index < -0.39 is 0 Å². The van der Waals surface area contributed by atoms with Gasteiger partial charge in [0.2, 0.25) is 5.91 Å². The second-order valence-electron chi connectivity index (χ2n) is 4.53. The minimum Gasteiger partial charge on any atom is -0.379 e. The van der Waals surface area contributed by atoms with Crippen molar-refractivity contribution >= 4 is 43.6 Å². The number of halogens is 2. The van der Waals surface area contributed by atoms with Crippen molar-refractivity contribution in [3.05, 3.63) is 15.4 Å². The zero-order valence-corrected chi connectivity index (χ0v) is 14.2. The van der Waals surface area contributed by atoms with Crippen LogP contribution in [0.25, 0.3) is 0 Å². The second-order valence-corrected chi connectivity index (χ2v) is 6.09. The lowest BCUT2D eigenvalue weighted by atomic mass is 10.0. The van der Waals surface area contributed by atoms with Crippen molar-refractivity contribution in [3.63, 3.8) is 0 Å². The smallest absolute Gasteiger partial charge is 0.232 e. The van der Waals surface area contributed by atoms with Crippen LogP contribution in [-0.2, 0) is 9.53 Å². The second kappa shape index (κ2) is 7.44. The van der Waals surface area contributed by atoms with E-state index in [1.165, 1.54) is 0 Å². The maximum absolute atomic E-state index is 12.3. The molecule has 0 spiro atoms. The van der Waals surface area contributed by atoms with Gasteiger partial charge in [-0.3, -0.25) is 4.79 Å². The largest absolute Gasteiger partial charge is 0.379 e. The molecule has 1 fully saturated rings. The van der Waals surface area contributed by atoms with E-state index >= 15 is 0 Å². The predicted octanol–water partition coefficient (Wildman–Crippen LogP) is 1.95. The minimum atomic E-state index is -0.209. The summed E-state index contributed by atoms with van der Waals surface area (Å²) in [4.78, 5) is 20.6. The van der Waals surface area contributed by atoms with Gasteiger partial charge < -0.3 is 15.4 Å². The van der Waals surface area contributed by atoms with E-state index in [2.05, 4.69) is 59.4 Å². The predicted molar refractivity (Wildman–Crippen MR) is 82.5 cm³/mol. The number of hydrogen-bond acceptors (Lipinski definition) is 5. The SMILES string of the molecule is CCCNC1COCC1C(=O)Nc1ncc(Br)nc1Br. The highest BCUT2D eigenvalue weighted by Gasteiger charge is 2.34. The first-order chi connectivity index (χ1) is 9.61. The van der Waals surface area contributed by atoms with E-state index in [9.17, 15) is 4.79 Å². The number of nitrogens with zero attached hydrogens (tertiary/aromatic N) is 2. The van der Waals surface area contributed by atoms with Crippen LogP contribution in [-0.4, -0.2) is 41.7 Å². The Balaban J connectivity index is 2.00. The van der Waals surface area contributed by atoms with Crippen molar-refractivity contribution in [2.75, 3.05) is 25.1 Å². The summed E-state index contributed by atoms with van der Waals surface area (Å²) in [6.45, 7) is 3.95. The van der Waals surface area contributed by atoms with Crippen molar-refractivity contribution in [1.29, 1.82) is 0 Å². The normalized spacial score (nSPS) is 21.9. The van der Waals surface area contributed by atoms with Gasteiger partial charge in [-0.05, 0) is 44.8 Å². The molecule has 2 N–H and O–H groups in total. The highest BCUT2D eigenvalue weighted by atomic mass is 79.9. The summed E-state index contributed by atoms with van der Waals surface area (Å²) in [6.07, 6.45) is 2.56. The van der Waals surface area contributed by atoms with Crippen LogP contribution < -0.4 is 10.6 Å². The Bertz CT molecular complexity index is 487. The third-order valence-corrected chi connectivity index (χ3v) is 3.95. The molecule has 0 aliphatic carbocycles. The van der Waals surface area contributed by atoms with Gasteiger partial charge in [-0.2, -0.15) is 0 Å². The number of carbonyl (C=O) groups excluding carboxylic acids is 1. The summed E-state index contributed by atoms with van der Waals surface area (Å²) in [5.41, 5.74) is 0. The molecule has 1 aliphatic heterocycles. The average molecular weight is 408 g/mol. The number of carbonyl (C=O) groups is 1. The molecule has 1 amide bonds. The van der Waals surface area contributed by atoms with Gasteiger partial charge in [0.15, 0.2) is 5.82 Å². The van der Waals surface area contributed by atoms with Gasteiger partial charge in [-0.15, -0.1) is 0 Å². The molecule has 1 aromatic rings. The third-order valence-electron chi connectivity index (χ3n) is 3.02. The Morgan fingerprint density at radius 3 is 3.00 bits per heavy atom. The van der Waals surface area contributed by atoms with Crippen LogP contribution in [0.2, 0.25) is 0 Å². The standard InChI is InChI=1S/C12H16Br2N4O2/c1-2-3-15-8-6-20-5-7(8)12(19)18-11-10(14)17-9(13)4-16-11/h4,7-8,15H,2-3,5-6H2,1H3,(H,16,18,19). The molecule has 2 rings (SSSR count).